The number of aryl methyl sites for hydroxylation is 1. The predicted octanol–water partition coefficient (Wildman–Crippen LogP) is 1.60. The summed E-state index contributed by atoms with van der Waals surface area (Å²) < 4.78 is 0. The zero-order valence-corrected chi connectivity index (χ0v) is 7.59. The molecule has 0 radical (unpaired) electrons. The third-order valence-corrected chi connectivity index (χ3v) is 2.69. The monoisotopic (exact) mass is 162 g/mol. The summed E-state index contributed by atoms with van der Waals surface area (Å²) in [6.45, 7) is 2.02. The minimum absolute atomic E-state index is 0.265. The number of hydrogen-bond acceptors (Lipinski definition) is 2. The van der Waals surface area contributed by atoms with Gasteiger partial charge in [0, 0.05) is 17.4 Å². The van der Waals surface area contributed by atoms with Crippen LogP contribution in [0.4, 0.5) is 0 Å². The summed E-state index contributed by atoms with van der Waals surface area (Å²) in [7, 11) is 2.02. The smallest absolute Gasteiger partial charge is 0.0449 e. The van der Waals surface area contributed by atoms with Gasteiger partial charge in [0.2, 0.25) is 0 Å². The molecule has 2 heteroatoms. The lowest BCUT2D eigenvalue weighted by Gasteiger charge is -2.13. The van der Waals surface area contributed by atoms with Crippen LogP contribution in [-0.4, -0.2) is 12.0 Å². The van der Waals surface area contributed by atoms with E-state index in [4.69, 9.17) is 0 Å². The molecule has 0 unspecified atom stereocenters. The van der Waals surface area contributed by atoms with Crippen molar-refractivity contribution in [1.29, 1.82) is 0 Å². The van der Waals surface area contributed by atoms with Crippen LogP contribution >= 0.6 is 0 Å². The van der Waals surface area contributed by atoms with Crippen LogP contribution in [-0.2, 0) is 5.54 Å². The number of hydrogen-bond donors (Lipinski definition) is 1. The minimum atomic E-state index is 0.265. The maximum Gasteiger partial charge on any atom is 0.0449 e. The van der Waals surface area contributed by atoms with E-state index in [1.807, 2.05) is 20.2 Å². The fraction of sp³-hybridized carbons (Fsp3) is 0.500. The van der Waals surface area contributed by atoms with E-state index in [0.717, 1.165) is 5.69 Å². The third-order valence-electron chi connectivity index (χ3n) is 2.69. The molecule has 1 N–H and O–H groups in total. The normalized spacial score (nSPS) is 19.2. The van der Waals surface area contributed by atoms with Crippen LogP contribution in [0, 0.1) is 6.92 Å². The van der Waals surface area contributed by atoms with E-state index in [1.54, 1.807) is 0 Å². The number of aromatic nitrogens is 1. The molecule has 1 heterocycles. The zero-order valence-electron chi connectivity index (χ0n) is 7.59. The molecule has 0 aliphatic heterocycles. The Labute approximate surface area is 73.0 Å². The first-order valence-electron chi connectivity index (χ1n) is 4.39. The molecule has 1 aliphatic carbocycles. The Bertz CT molecular complexity index is 272. The lowest BCUT2D eigenvalue weighted by atomic mass is 10.1. The van der Waals surface area contributed by atoms with Crippen molar-refractivity contribution in [3.05, 3.63) is 29.6 Å². The first kappa shape index (κ1) is 7.74. The van der Waals surface area contributed by atoms with E-state index < -0.39 is 0 Å². The number of rotatable bonds is 2. The third kappa shape index (κ3) is 1.12. The number of pyridine rings is 1. The Hall–Kier alpha value is -0.890. The van der Waals surface area contributed by atoms with Gasteiger partial charge in [-0.05, 0) is 38.4 Å². The molecular formula is C10H14N2. The van der Waals surface area contributed by atoms with Gasteiger partial charge in [-0.1, -0.05) is 6.07 Å². The molecule has 1 aromatic rings. The molecule has 0 amide bonds. The van der Waals surface area contributed by atoms with E-state index in [9.17, 15) is 0 Å². The van der Waals surface area contributed by atoms with E-state index >= 15 is 0 Å². The molecule has 1 aromatic heterocycles. The topological polar surface area (TPSA) is 24.9 Å². The Kier molecular flexibility index (Phi) is 1.65. The summed E-state index contributed by atoms with van der Waals surface area (Å²) in [6, 6.07) is 4.25. The van der Waals surface area contributed by atoms with Crippen molar-refractivity contribution >= 4 is 0 Å². The van der Waals surface area contributed by atoms with Crippen LogP contribution in [0.25, 0.3) is 0 Å². The highest BCUT2D eigenvalue weighted by atomic mass is 15.0. The fourth-order valence-corrected chi connectivity index (χ4v) is 1.56. The van der Waals surface area contributed by atoms with Gasteiger partial charge in [0.15, 0.2) is 0 Å². The zero-order chi connectivity index (χ0) is 8.60. The van der Waals surface area contributed by atoms with Gasteiger partial charge in [-0.2, -0.15) is 0 Å². The summed E-state index contributed by atoms with van der Waals surface area (Å²) in [5.41, 5.74) is 2.68. The molecule has 0 spiro atoms. The molecular weight excluding hydrogens is 148 g/mol. The minimum Gasteiger partial charge on any atom is -0.310 e. The maximum absolute atomic E-state index is 4.29. The first-order chi connectivity index (χ1) is 5.77. The summed E-state index contributed by atoms with van der Waals surface area (Å²) in [4.78, 5) is 4.29. The van der Waals surface area contributed by atoms with Gasteiger partial charge in [-0.15, -0.1) is 0 Å². The van der Waals surface area contributed by atoms with Crippen molar-refractivity contribution in [2.45, 2.75) is 25.3 Å². The second-order valence-corrected chi connectivity index (χ2v) is 3.52. The van der Waals surface area contributed by atoms with Gasteiger partial charge in [0.1, 0.15) is 0 Å². The molecule has 1 saturated carbocycles. The van der Waals surface area contributed by atoms with Crippen LogP contribution in [0.15, 0.2) is 18.3 Å². The molecule has 0 aromatic carbocycles. The van der Waals surface area contributed by atoms with Crippen LogP contribution in [0.2, 0.25) is 0 Å². The average molecular weight is 162 g/mol. The largest absolute Gasteiger partial charge is 0.310 e. The molecule has 0 atom stereocenters. The van der Waals surface area contributed by atoms with Crippen molar-refractivity contribution in [3.8, 4) is 0 Å². The van der Waals surface area contributed by atoms with Gasteiger partial charge in [0.05, 0.1) is 0 Å². The molecule has 12 heavy (non-hydrogen) atoms. The van der Waals surface area contributed by atoms with Crippen molar-refractivity contribution in [2.24, 2.45) is 0 Å². The Morgan fingerprint density at radius 1 is 1.42 bits per heavy atom. The number of nitrogens with one attached hydrogen (secondary N) is 1. The number of nitrogens with zero attached hydrogens (tertiary/aromatic N) is 1. The van der Waals surface area contributed by atoms with Crippen molar-refractivity contribution < 1.29 is 0 Å². The highest BCUT2D eigenvalue weighted by Crippen LogP contribution is 2.44. The Balaban J connectivity index is 2.29. The molecule has 1 fully saturated rings. The summed E-state index contributed by atoms with van der Waals surface area (Å²) in [6.07, 6.45) is 4.47. The quantitative estimate of drug-likeness (QED) is 0.714. The standard InChI is InChI=1S/C10H14N2/c1-8-3-4-9(7-12-8)10(11-2)5-6-10/h3-4,7,11H,5-6H2,1-2H3. The van der Waals surface area contributed by atoms with Gasteiger partial charge >= 0.3 is 0 Å². The Morgan fingerprint density at radius 2 is 2.17 bits per heavy atom. The van der Waals surface area contributed by atoms with Gasteiger partial charge < -0.3 is 5.32 Å². The van der Waals surface area contributed by atoms with Gasteiger partial charge in [-0.25, -0.2) is 0 Å². The van der Waals surface area contributed by atoms with Crippen LogP contribution in [0.3, 0.4) is 0 Å². The highest BCUT2D eigenvalue weighted by Gasteiger charge is 2.42. The molecule has 2 nitrogen and oxygen atoms in total. The van der Waals surface area contributed by atoms with Crippen LogP contribution < -0.4 is 5.32 Å². The Morgan fingerprint density at radius 3 is 2.58 bits per heavy atom. The highest BCUT2D eigenvalue weighted by molar-refractivity contribution is 5.28. The SMILES string of the molecule is CNC1(c2ccc(C)nc2)CC1. The van der Waals surface area contributed by atoms with E-state index in [2.05, 4.69) is 22.4 Å². The van der Waals surface area contributed by atoms with E-state index in [1.165, 1.54) is 18.4 Å². The molecule has 64 valence electrons. The lowest BCUT2D eigenvalue weighted by molar-refractivity contribution is 0.583. The van der Waals surface area contributed by atoms with E-state index in [-0.39, 0.29) is 5.54 Å². The van der Waals surface area contributed by atoms with Crippen molar-refractivity contribution in [1.82, 2.24) is 10.3 Å². The van der Waals surface area contributed by atoms with Gasteiger partial charge in [-0.3, -0.25) is 4.98 Å². The van der Waals surface area contributed by atoms with Gasteiger partial charge in [0.25, 0.3) is 0 Å². The molecule has 2 rings (SSSR count). The molecule has 0 saturated heterocycles. The second kappa shape index (κ2) is 2.56. The van der Waals surface area contributed by atoms with E-state index in [0.29, 0.717) is 0 Å². The fourth-order valence-electron chi connectivity index (χ4n) is 1.56. The maximum atomic E-state index is 4.29. The second-order valence-electron chi connectivity index (χ2n) is 3.52. The summed E-state index contributed by atoms with van der Waals surface area (Å²) in [5.74, 6) is 0. The lowest BCUT2D eigenvalue weighted by Crippen LogP contribution is -2.24. The summed E-state index contributed by atoms with van der Waals surface area (Å²) in [5, 5.41) is 3.35. The van der Waals surface area contributed by atoms with Crippen molar-refractivity contribution in [2.75, 3.05) is 7.05 Å². The van der Waals surface area contributed by atoms with Crippen LogP contribution in [0.1, 0.15) is 24.1 Å². The molecule has 0 bridgehead atoms. The van der Waals surface area contributed by atoms with Crippen LogP contribution in [0.5, 0.6) is 0 Å². The summed E-state index contributed by atoms with van der Waals surface area (Å²) >= 11 is 0. The predicted molar refractivity (Wildman–Crippen MR) is 48.9 cm³/mol. The first-order valence-corrected chi connectivity index (χ1v) is 4.39. The van der Waals surface area contributed by atoms with Crippen molar-refractivity contribution in [3.63, 3.8) is 0 Å². The molecule has 1 aliphatic rings. The average Bonchev–Trinajstić information content (AvgIpc) is 2.86.